The highest BCUT2D eigenvalue weighted by molar-refractivity contribution is 9.10. The first-order valence-corrected chi connectivity index (χ1v) is 8.43. The largest absolute Gasteiger partial charge is 0.494 e. The molecule has 1 aromatic heterocycles. The Balaban J connectivity index is 2.09. The van der Waals surface area contributed by atoms with Crippen LogP contribution in [-0.4, -0.2) is 11.6 Å². The third kappa shape index (κ3) is 3.48. The summed E-state index contributed by atoms with van der Waals surface area (Å²) in [6.45, 7) is 6.74. The summed E-state index contributed by atoms with van der Waals surface area (Å²) in [5.74, 6) is 0.862. The monoisotopic (exact) mass is 370 g/mol. The Hall–Kier alpha value is -2.07. The molecule has 0 aliphatic heterocycles. The molecule has 3 rings (SSSR count). The number of benzene rings is 2. The van der Waals surface area contributed by atoms with E-state index < -0.39 is 0 Å². The molecular weight excluding hydrogens is 352 g/mol. The molecule has 0 radical (unpaired) electrons. The van der Waals surface area contributed by atoms with Gasteiger partial charge in [-0.25, -0.2) is 0 Å². The van der Waals surface area contributed by atoms with E-state index in [0.717, 1.165) is 38.2 Å². The molecule has 0 atom stereocenters. The molecule has 1 heterocycles. The number of anilines is 2. The maximum Gasteiger partial charge on any atom is 0.120 e. The zero-order valence-corrected chi connectivity index (χ0v) is 15.1. The molecule has 0 unspecified atom stereocenters. The zero-order chi connectivity index (χ0) is 16.4. The van der Waals surface area contributed by atoms with Crippen molar-refractivity contribution in [3.8, 4) is 5.75 Å². The lowest BCUT2D eigenvalue weighted by atomic mass is 10.1. The Bertz CT molecular complexity index is 861. The third-order valence-electron chi connectivity index (χ3n) is 3.68. The average Bonchev–Trinajstić information content (AvgIpc) is 2.51. The fraction of sp³-hybridized carbons (Fsp3) is 0.211. The van der Waals surface area contributed by atoms with E-state index in [1.54, 1.807) is 0 Å². The van der Waals surface area contributed by atoms with Crippen molar-refractivity contribution in [1.82, 2.24) is 4.98 Å². The number of ether oxygens (including phenoxy) is 1. The predicted molar refractivity (Wildman–Crippen MR) is 99.8 cm³/mol. The van der Waals surface area contributed by atoms with Crippen LogP contribution in [0.1, 0.15) is 18.2 Å². The molecule has 23 heavy (non-hydrogen) atoms. The topological polar surface area (TPSA) is 34.1 Å². The molecule has 4 heteroatoms. The molecule has 0 saturated carbocycles. The highest BCUT2D eigenvalue weighted by Crippen LogP contribution is 2.31. The molecule has 0 aliphatic rings. The molecule has 2 aromatic carbocycles. The second-order valence-electron chi connectivity index (χ2n) is 5.51. The molecular formula is C19H19BrN2O. The Morgan fingerprint density at radius 2 is 1.87 bits per heavy atom. The van der Waals surface area contributed by atoms with Crippen LogP contribution in [0, 0.1) is 13.8 Å². The highest BCUT2D eigenvalue weighted by Gasteiger charge is 2.08. The van der Waals surface area contributed by atoms with Crippen molar-refractivity contribution in [3.63, 3.8) is 0 Å². The summed E-state index contributed by atoms with van der Waals surface area (Å²) in [5.41, 5.74) is 5.26. The lowest BCUT2D eigenvalue weighted by Gasteiger charge is -2.14. The highest BCUT2D eigenvalue weighted by atomic mass is 79.9. The number of fused-ring (bicyclic) bond motifs is 1. The summed E-state index contributed by atoms with van der Waals surface area (Å²) >= 11 is 3.51. The molecule has 118 valence electrons. The van der Waals surface area contributed by atoms with Crippen LogP contribution in [0.2, 0.25) is 0 Å². The minimum atomic E-state index is 0.652. The van der Waals surface area contributed by atoms with Gasteiger partial charge < -0.3 is 10.1 Å². The smallest absolute Gasteiger partial charge is 0.120 e. The number of hydrogen-bond acceptors (Lipinski definition) is 3. The molecule has 1 N–H and O–H groups in total. The molecule has 0 spiro atoms. The molecule has 3 aromatic rings. The van der Waals surface area contributed by atoms with Crippen molar-refractivity contribution in [3.05, 3.63) is 58.2 Å². The normalized spacial score (nSPS) is 10.8. The number of nitrogens with zero attached hydrogens (tertiary/aromatic N) is 1. The minimum Gasteiger partial charge on any atom is -0.494 e. The van der Waals surface area contributed by atoms with Gasteiger partial charge in [-0.3, -0.25) is 4.98 Å². The SMILES string of the molecule is CCOc1ccc2nc(C)cc(Nc3ccc(Br)cc3C)c2c1. The van der Waals surface area contributed by atoms with Crippen LogP contribution in [0.5, 0.6) is 5.75 Å². The van der Waals surface area contributed by atoms with Crippen LogP contribution in [0.3, 0.4) is 0 Å². The molecule has 0 aliphatic carbocycles. The van der Waals surface area contributed by atoms with Gasteiger partial charge in [0.2, 0.25) is 0 Å². The van der Waals surface area contributed by atoms with E-state index >= 15 is 0 Å². The standard InChI is InChI=1S/C19H19BrN2O/c1-4-23-15-6-8-18-16(11-15)19(10-13(3)21-18)22-17-7-5-14(20)9-12(17)2/h5-11H,4H2,1-3H3,(H,21,22). The number of hydrogen-bond donors (Lipinski definition) is 1. The van der Waals surface area contributed by atoms with E-state index in [0.29, 0.717) is 6.61 Å². The fourth-order valence-corrected chi connectivity index (χ4v) is 3.09. The summed E-state index contributed by atoms with van der Waals surface area (Å²) in [4.78, 5) is 4.61. The van der Waals surface area contributed by atoms with Gasteiger partial charge in [0, 0.05) is 26.9 Å². The number of aromatic nitrogens is 1. The Morgan fingerprint density at radius 1 is 1.04 bits per heavy atom. The van der Waals surface area contributed by atoms with E-state index in [1.165, 1.54) is 5.56 Å². The molecule has 3 nitrogen and oxygen atoms in total. The second kappa shape index (κ2) is 6.59. The first kappa shape index (κ1) is 15.8. The van der Waals surface area contributed by atoms with Crippen LogP contribution in [0.4, 0.5) is 11.4 Å². The van der Waals surface area contributed by atoms with E-state index in [1.807, 2.05) is 38.1 Å². The van der Waals surface area contributed by atoms with Crippen molar-refractivity contribution in [2.45, 2.75) is 20.8 Å². The number of aryl methyl sites for hydroxylation is 2. The Morgan fingerprint density at radius 3 is 2.61 bits per heavy atom. The summed E-state index contributed by atoms with van der Waals surface area (Å²) in [6.07, 6.45) is 0. The van der Waals surface area contributed by atoms with E-state index in [-0.39, 0.29) is 0 Å². The van der Waals surface area contributed by atoms with Crippen LogP contribution < -0.4 is 10.1 Å². The van der Waals surface area contributed by atoms with Crippen molar-refractivity contribution in [2.75, 3.05) is 11.9 Å². The maximum absolute atomic E-state index is 5.63. The van der Waals surface area contributed by atoms with Gasteiger partial charge in [-0.2, -0.15) is 0 Å². The van der Waals surface area contributed by atoms with Crippen LogP contribution in [0.15, 0.2) is 46.9 Å². The van der Waals surface area contributed by atoms with Gasteiger partial charge in [-0.1, -0.05) is 15.9 Å². The van der Waals surface area contributed by atoms with Gasteiger partial charge in [-0.05, 0) is 68.8 Å². The van der Waals surface area contributed by atoms with Gasteiger partial charge >= 0.3 is 0 Å². The average molecular weight is 371 g/mol. The van der Waals surface area contributed by atoms with Gasteiger partial charge in [-0.15, -0.1) is 0 Å². The van der Waals surface area contributed by atoms with Gasteiger partial charge in [0.25, 0.3) is 0 Å². The lowest BCUT2D eigenvalue weighted by Crippen LogP contribution is -1.98. The summed E-state index contributed by atoms with van der Waals surface area (Å²) in [6, 6.07) is 14.3. The van der Waals surface area contributed by atoms with Crippen molar-refractivity contribution < 1.29 is 4.74 Å². The van der Waals surface area contributed by atoms with E-state index in [4.69, 9.17) is 4.74 Å². The number of rotatable bonds is 4. The fourth-order valence-electron chi connectivity index (χ4n) is 2.61. The summed E-state index contributed by atoms with van der Waals surface area (Å²) < 4.78 is 6.71. The van der Waals surface area contributed by atoms with Crippen molar-refractivity contribution in [2.24, 2.45) is 0 Å². The zero-order valence-electron chi connectivity index (χ0n) is 13.5. The number of nitrogens with one attached hydrogen (secondary N) is 1. The Kier molecular flexibility index (Phi) is 4.53. The Labute approximate surface area is 144 Å². The van der Waals surface area contributed by atoms with Crippen LogP contribution in [-0.2, 0) is 0 Å². The number of pyridine rings is 1. The maximum atomic E-state index is 5.63. The third-order valence-corrected chi connectivity index (χ3v) is 4.17. The predicted octanol–water partition coefficient (Wildman–Crippen LogP) is 5.76. The molecule has 0 saturated heterocycles. The van der Waals surface area contributed by atoms with Crippen LogP contribution >= 0.6 is 15.9 Å². The van der Waals surface area contributed by atoms with Crippen molar-refractivity contribution in [1.29, 1.82) is 0 Å². The molecule has 0 fully saturated rings. The second-order valence-corrected chi connectivity index (χ2v) is 6.42. The number of halogens is 1. The van der Waals surface area contributed by atoms with Gasteiger partial charge in [0.1, 0.15) is 5.75 Å². The van der Waals surface area contributed by atoms with Gasteiger partial charge in [0.15, 0.2) is 0 Å². The first-order valence-electron chi connectivity index (χ1n) is 7.64. The molecule has 0 amide bonds. The summed E-state index contributed by atoms with van der Waals surface area (Å²) in [5, 5.41) is 4.60. The minimum absolute atomic E-state index is 0.652. The van der Waals surface area contributed by atoms with Crippen molar-refractivity contribution >= 4 is 38.2 Å². The first-order chi connectivity index (χ1) is 11.1. The molecule has 0 bridgehead atoms. The van der Waals surface area contributed by atoms with Crippen LogP contribution in [0.25, 0.3) is 10.9 Å². The summed E-state index contributed by atoms with van der Waals surface area (Å²) in [7, 11) is 0. The van der Waals surface area contributed by atoms with E-state index in [2.05, 4.69) is 51.4 Å². The van der Waals surface area contributed by atoms with E-state index in [9.17, 15) is 0 Å². The quantitative estimate of drug-likeness (QED) is 0.634. The van der Waals surface area contributed by atoms with Gasteiger partial charge in [0.05, 0.1) is 12.1 Å². The lowest BCUT2D eigenvalue weighted by molar-refractivity contribution is 0.340.